The fourth-order valence-electron chi connectivity index (χ4n) is 2.19. The van der Waals surface area contributed by atoms with Crippen LogP contribution in [0.25, 0.3) is 22.1 Å². The molecule has 6 heteroatoms. The largest absolute Gasteiger partial charge is 0.504 e. The maximum absolute atomic E-state index is 12.5. The lowest BCUT2D eigenvalue weighted by molar-refractivity contribution is 0.0697. The molecular formula is C16H10O6. The average molecular weight is 298 g/mol. The van der Waals surface area contributed by atoms with E-state index < -0.39 is 22.9 Å². The van der Waals surface area contributed by atoms with Crippen molar-refractivity contribution in [3.63, 3.8) is 0 Å². The van der Waals surface area contributed by atoms with Crippen LogP contribution in [0.1, 0.15) is 10.4 Å². The van der Waals surface area contributed by atoms with Crippen LogP contribution >= 0.6 is 0 Å². The maximum atomic E-state index is 12.5. The van der Waals surface area contributed by atoms with Gasteiger partial charge in [0.15, 0.2) is 11.3 Å². The van der Waals surface area contributed by atoms with E-state index in [2.05, 4.69) is 0 Å². The van der Waals surface area contributed by atoms with Gasteiger partial charge in [-0.15, -0.1) is 0 Å². The molecule has 0 aliphatic heterocycles. The third-order valence-electron chi connectivity index (χ3n) is 3.31. The fraction of sp³-hybridized carbons (Fsp3) is 0. The number of carboxylic acids is 1. The zero-order valence-electron chi connectivity index (χ0n) is 11.1. The van der Waals surface area contributed by atoms with Crippen molar-refractivity contribution in [1.29, 1.82) is 0 Å². The van der Waals surface area contributed by atoms with Gasteiger partial charge < -0.3 is 19.7 Å². The molecule has 1 heterocycles. The Balaban J connectivity index is 2.27. The number of phenols is 2. The Morgan fingerprint density at radius 3 is 2.59 bits per heavy atom. The summed E-state index contributed by atoms with van der Waals surface area (Å²) in [6.45, 7) is 0. The van der Waals surface area contributed by atoms with E-state index >= 15 is 0 Å². The standard InChI is InChI=1S/C16H10O6/c17-12-5-4-10-13(18)11(7-22-15(10)14(12)19)8-2-1-3-9(6-8)16(20)21/h1-7,17,19H,(H,20,21). The Morgan fingerprint density at radius 2 is 1.86 bits per heavy atom. The summed E-state index contributed by atoms with van der Waals surface area (Å²) in [5.41, 5.74) is 0.0524. The van der Waals surface area contributed by atoms with Crippen LogP contribution in [0.3, 0.4) is 0 Å². The van der Waals surface area contributed by atoms with Gasteiger partial charge in [-0.05, 0) is 29.8 Å². The topological polar surface area (TPSA) is 108 Å². The van der Waals surface area contributed by atoms with Crippen molar-refractivity contribution < 1.29 is 24.5 Å². The summed E-state index contributed by atoms with van der Waals surface area (Å²) in [5, 5.41) is 28.2. The van der Waals surface area contributed by atoms with Crippen molar-refractivity contribution in [1.82, 2.24) is 0 Å². The predicted molar refractivity (Wildman–Crippen MR) is 78.2 cm³/mol. The number of benzene rings is 2. The highest BCUT2D eigenvalue weighted by atomic mass is 16.4. The zero-order chi connectivity index (χ0) is 15.9. The molecule has 1 aromatic heterocycles. The van der Waals surface area contributed by atoms with E-state index in [4.69, 9.17) is 9.52 Å². The number of carboxylic acid groups (broad SMARTS) is 1. The van der Waals surface area contributed by atoms with Gasteiger partial charge in [0.1, 0.15) is 6.26 Å². The molecule has 0 saturated carbocycles. The third kappa shape index (κ3) is 2.07. The van der Waals surface area contributed by atoms with Crippen LogP contribution in [0, 0.1) is 0 Å². The number of hydrogen-bond donors (Lipinski definition) is 3. The normalized spacial score (nSPS) is 10.7. The number of carbonyl (C=O) groups is 1. The molecule has 0 saturated heterocycles. The molecule has 22 heavy (non-hydrogen) atoms. The van der Waals surface area contributed by atoms with Gasteiger partial charge >= 0.3 is 5.97 Å². The SMILES string of the molecule is O=C(O)c1cccc(-c2coc3c(O)c(O)ccc3c2=O)c1. The highest BCUT2D eigenvalue weighted by Gasteiger charge is 2.15. The van der Waals surface area contributed by atoms with E-state index in [1.807, 2.05) is 0 Å². The molecule has 3 N–H and O–H groups in total. The van der Waals surface area contributed by atoms with E-state index in [9.17, 15) is 19.8 Å². The van der Waals surface area contributed by atoms with Gasteiger partial charge in [-0.3, -0.25) is 4.79 Å². The van der Waals surface area contributed by atoms with Gasteiger partial charge in [0.25, 0.3) is 0 Å². The molecule has 0 fully saturated rings. The minimum absolute atomic E-state index is 0.0468. The van der Waals surface area contributed by atoms with Gasteiger partial charge in [-0.2, -0.15) is 0 Å². The maximum Gasteiger partial charge on any atom is 0.335 e. The summed E-state index contributed by atoms with van der Waals surface area (Å²) in [4.78, 5) is 23.5. The van der Waals surface area contributed by atoms with E-state index in [1.165, 1.54) is 30.3 Å². The molecule has 6 nitrogen and oxygen atoms in total. The number of hydrogen-bond acceptors (Lipinski definition) is 5. The summed E-state index contributed by atoms with van der Waals surface area (Å²) in [6.07, 6.45) is 1.13. The van der Waals surface area contributed by atoms with E-state index in [0.29, 0.717) is 5.56 Å². The summed E-state index contributed by atoms with van der Waals surface area (Å²) in [7, 11) is 0. The highest BCUT2D eigenvalue weighted by Crippen LogP contribution is 2.33. The molecule has 110 valence electrons. The lowest BCUT2D eigenvalue weighted by atomic mass is 10.0. The second-order valence-electron chi connectivity index (χ2n) is 4.67. The van der Waals surface area contributed by atoms with Crippen molar-refractivity contribution in [2.24, 2.45) is 0 Å². The second kappa shape index (κ2) is 4.92. The molecule has 0 unspecified atom stereocenters. The smallest absolute Gasteiger partial charge is 0.335 e. The molecule has 2 aromatic carbocycles. The predicted octanol–water partition coefficient (Wildman–Crippen LogP) is 2.57. The number of aromatic hydroxyl groups is 2. The molecule has 0 bridgehead atoms. The summed E-state index contributed by atoms with van der Waals surface area (Å²) < 4.78 is 5.23. The summed E-state index contributed by atoms with van der Waals surface area (Å²) in [6, 6.07) is 8.41. The molecule has 0 aliphatic carbocycles. The Hall–Kier alpha value is -3.28. The quantitative estimate of drug-likeness (QED) is 0.627. The number of phenolic OH excluding ortho intramolecular Hbond substituents is 2. The van der Waals surface area contributed by atoms with Crippen molar-refractivity contribution in [2.75, 3.05) is 0 Å². The van der Waals surface area contributed by atoms with Crippen molar-refractivity contribution in [3.8, 4) is 22.6 Å². The van der Waals surface area contributed by atoms with Gasteiger partial charge in [0, 0.05) is 0 Å². The van der Waals surface area contributed by atoms with Gasteiger partial charge in [0.2, 0.25) is 11.2 Å². The lowest BCUT2D eigenvalue weighted by Gasteiger charge is -2.05. The first-order chi connectivity index (χ1) is 10.5. The average Bonchev–Trinajstić information content (AvgIpc) is 2.51. The highest BCUT2D eigenvalue weighted by molar-refractivity contribution is 5.91. The van der Waals surface area contributed by atoms with Crippen LogP contribution in [0.15, 0.2) is 51.9 Å². The number of fused-ring (bicyclic) bond motifs is 1. The van der Waals surface area contributed by atoms with Gasteiger partial charge in [-0.25, -0.2) is 4.79 Å². The molecular weight excluding hydrogens is 288 g/mol. The van der Waals surface area contributed by atoms with E-state index in [-0.39, 0.29) is 22.1 Å². The Bertz CT molecular complexity index is 954. The molecule has 0 radical (unpaired) electrons. The Kier molecular flexibility index (Phi) is 3.06. The molecule has 0 spiro atoms. The number of aromatic carboxylic acids is 1. The van der Waals surface area contributed by atoms with Gasteiger partial charge in [0.05, 0.1) is 16.5 Å². The van der Waals surface area contributed by atoms with E-state index in [1.54, 1.807) is 6.07 Å². The zero-order valence-corrected chi connectivity index (χ0v) is 11.1. The fourth-order valence-corrected chi connectivity index (χ4v) is 2.19. The van der Waals surface area contributed by atoms with Crippen LogP contribution in [0.5, 0.6) is 11.5 Å². The van der Waals surface area contributed by atoms with Crippen molar-refractivity contribution in [3.05, 3.63) is 58.4 Å². The molecule has 3 aromatic rings. The van der Waals surface area contributed by atoms with Crippen molar-refractivity contribution >= 4 is 16.9 Å². The minimum Gasteiger partial charge on any atom is -0.504 e. The number of rotatable bonds is 2. The molecule has 0 aliphatic rings. The Labute approximate surface area is 123 Å². The lowest BCUT2D eigenvalue weighted by Crippen LogP contribution is -2.05. The minimum atomic E-state index is -1.10. The molecule has 0 amide bonds. The first kappa shape index (κ1) is 13.7. The van der Waals surface area contributed by atoms with Crippen LogP contribution in [-0.2, 0) is 0 Å². The van der Waals surface area contributed by atoms with Crippen LogP contribution in [0.4, 0.5) is 0 Å². The van der Waals surface area contributed by atoms with Crippen LogP contribution < -0.4 is 5.43 Å². The van der Waals surface area contributed by atoms with Crippen LogP contribution in [0.2, 0.25) is 0 Å². The first-order valence-electron chi connectivity index (χ1n) is 6.29. The second-order valence-corrected chi connectivity index (χ2v) is 4.67. The van der Waals surface area contributed by atoms with Crippen molar-refractivity contribution in [2.45, 2.75) is 0 Å². The summed E-state index contributed by atoms with van der Waals surface area (Å²) in [5.74, 6) is -2.01. The van der Waals surface area contributed by atoms with Gasteiger partial charge in [-0.1, -0.05) is 12.1 Å². The Morgan fingerprint density at radius 1 is 1.09 bits per heavy atom. The molecule has 3 rings (SSSR count). The third-order valence-corrected chi connectivity index (χ3v) is 3.31. The summed E-state index contributed by atoms with van der Waals surface area (Å²) >= 11 is 0. The first-order valence-corrected chi connectivity index (χ1v) is 6.29. The van der Waals surface area contributed by atoms with E-state index in [0.717, 1.165) is 6.26 Å². The van der Waals surface area contributed by atoms with Crippen LogP contribution in [-0.4, -0.2) is 21.3 Å². The monoisotopic (exact) mass is 298 g/mol. The molecule has 0 atom stereocenters.